The molecule has 0 amide bonds. The Kier molecular flexibility index (Phi) is 3.73. The Labute approximate surface area is 96.6 Å². The van der Waals surface area contributed by atoms with E-state index in [1.54, 1.807) is 7.11 Å². The van der Waals surface area contributed by atoms with Crippen molar-refractivity contribution < 1.29 is 9.53 Å². The van der Waals surface area contributed by atoms with Crippen LogP contribution in [0.2, 0.25) is 0 Å². The van der Waals surface area contributed by atoms with Crippen LogP contribution in [0.3, 0.4) is 0 Å². The summed E-state index contributed by atoms with van der Waals surface area (Å²) in [7, 11) is 1.67. The largest absolute Gasteiger partial charge is 0.385 e. The van der Waals surface area contributed by atoms with Gasteiger partial charge in [-0.25, -0.2) is 0 Å². The van der Waals surface area contributed by atoms with Crippen molar-refractivity contribution >= 4 is 5.78 Å². The monoisotopic (exact) mass is 218 g/mol. The molecule has 0 heterocycles. The fourth-order valence-electron chi connectivity index (χ4n) is 2.27. The number of hydrogen-bond donors (Lipinski definition) is 0. The molecule has 0 saturated carbocycles. The van der Waals surface area contributed by atoms with Crippen LogP contribution in [0.5, 0.6) is 0 Å². The lowest BCUT2D eigenvalue weighted by molar-refractivity contribution is 0.0963. The molecule has 16 heavy (non-hydrogen) atoms. The second kappa shape index (κ2) is 5.26. The number of ketones is 1. The molecular weight excluding hydrogens is 200 g/mol. The van der Waals surface area contributed by atoms with Crippen LogP contribution in [0.4, 0.5) is 0 Å². The molecule has 0 aromatic heterocycles. The van der Waals surface area contributed by atoms with Gasteiger partial charge < -0.3 is 4.74 Å². The Morgan fingerprint density at radius 3 is 2.94 bits per heavy atom. The standard InChI is InChI=1S/C14H18O2/c1-16-9-3-6-14(15)13-8-7-11-4-2-5-12(11)10-13/h7-8,10H,2-6,9H2,1H3. The van der Waals surface area contributed by atoms with E-state index < -0.39 is 0 Å². The van der Waals surface area contributed by atoms with Crippen molar-refractivity contribution in [3.05, 3.63) is 34.9 Å². The highest BCUT2D eigenvalue weighted by Gasteiger charge is 2.13. The second-order valence-corrected chi connectivity index (χ2v) is 4.36. The van der Waals surface area contributed by atoms with Gasteiger partial charge in [0.2, 0.25) is 0 Å². The molecule has 0 unspecified atom stereocenters. The zero-order valence-corrected chi connectivity index (χ0v) is 9.79. The number of rotatable bonds is 5. The van der Waals surface area contributed by atoms with Gasteiger partial charge in [-0.05, 0) is 42.9 Å². The average Bonchev–Trinajstić information content (AvgIpc) is 2.76. The van der Waals surface area contributed by atoms with Gasteiger partial charge in [-0.3, -0.25) is 4.79 Å². The predicted octanol–water partition coefficient (Wildman–Crippen LogP) is 2.78. The first-order valence-electron chi connectivity index (χ1n) is 5.95. The Balaban J connectivity index is 2.01. The smallest absolute Gasteiger partial charge is 0.162 e. The predicted molar refractivity (Wildman–Crippen MR) is 63.9 cm³/mol. The summed E-state index contributed by atoms with van der Waals surface area (Å²) in [4.78, 5) is 11.9. The molecule has 0 aliphatic heterocycles. The van der Waals surface area contributed by atoms with Gasteiger partial charge in [-0.2, -0.15) is 0 Å². The number of aryl methyl sites for hydroxylation is 2. The number of methoxy groups -OCH3 is 1. The first-order chi connectivity index (χ1) is 7.81. The van der Waals surface area contributed by atoms with Crippen LogP contribution < -0.4 is 0 Å². The molecule has 0 saturated heterocycles. The summed E-state index contributed by atoms with van der Waals surface area (Å²) in [6.45, 7) is 0.663. The third-order valence-corrected chi connectivity index (χ3v) is 3.17. The van der Waals surface area contributed by atoms with Crippen molar-refractivity contribution in [3.63, 3.8) is 0 Å². The zero-order chi connectivity index (χ0) is 11.4. The summed E-state index contributed by atoms with van der Waals surface area (Å²) >= 11 is 0. The summed E-state index contributed by atoms with van der Waals surface area (Å²) in [5.41, 5.74) is 3.67. The van der Waals surface area contributed by atoms with Gasteiger partial charge in [0, 0.05) is 25.7 Å². The van der Waals surface area contributed by atoms with Gasteiger partial charge in [0.1, 0.15) is 0 Å². The van der Waals surface area contributed by atoms with E-state index in [0.29, 0.717) is 13.0 Å². The van der Waals surface area contributed by atoms with Gasteiger partial charge in [0.05, 0.1) is 0 Å². The Morgan fingerprint density at radius 1 is 1.31 bits per heavy atom. The number of benzene rings is 1. The quantitative estimate of drug-likeness (QED) is 0.561. The van der Waals surface area contributed by atoms with E-state index in [1.807, 2.05) is 6.07 Å². The fraction of sp³-hybridized carbons (Fsp3) is 0.500. The molecule has 1 aliphatic carbocycles. The van der Waals surface area contributed by atoms with Crippen LogP contribution in [0, 0.1) is 0 Å². The summed E-state index contributed by atoms with van der Waals surface area (Å²) in [5, 5.41) is 0. The van der Waals surface area contributed by atoms with Crippen LogP contribution in [0.25, 0.3) is 0 Å². The lowest BCUT2D eigenvalue weighted by atomic mass is 10.0. The SMILES string of the molecule is COCCCC(=O)c1ccc2c(c1)CCC2. The number of carbonyl (C=O) groups is 1. The molecule has 1 aromatic carbocycles. The lowest BCUT2D eigenvalue weighted by Crippen LogP contribution is -2.02. The number of fused-ring (bicyclic) bond motifs is 1. The number of hydrogen-bond acceptors (Lipinski definition) is 2. The molecule has 0 atom stereocenters. The number of Topliss-reactive ketones (excluding diaryl/α,β-unsaturated/α-hetero) is 1. The third kappa shape index (κ3) is 2.50. The number of ether oxygens (including phenoxy) is 1. The molecule has 0 N–H and O–H groups in total. The van der Waals surface area contributed by atoms with Crippen LogP contribution in [0.15, 0.2) is 18.2 Å². The Morgan fingerprint density at radius 2 is 2.12 bits per heavy atom. The van der Waals surface area contributed by atoms with E-state index in [2.05, 4.69) is 12.1 Å². The summed E-state index contributed by atoms with van der Waals surface area (Å²) < 4.78 is 4.95. The molecule has 2 rings (SSSR count). The van der Waals surface area contributed by atoms with Gasteiger partial charge >= 0.3 is 0 Å². The van der Waals surface area contributed by atoms with Crippen LogP contribution >= 0.6 is 0 Å². The summed E-state index contributed by atoms with van der Waals surface area (Å²) in [6.07, 6.45) is 4.94. The fourth-order valence-corrected chi connectivity index (χ4v) is 2.27. The maximum absolute atomic E-state index is 11.9. The average molecular weight is 218 g/mol. The highest BCUT2D eigenvalue weighted by Crippen LogP contribution is 2.23. The molecule has 1 aromatic rings. The van der Waals surface area contributed by atoms with Gasteiger partial charge in [-0.15, -0.1) is 0 Å². The lowest BCUT2D eigenvalue weighted by Gasteiger charge is -2.04. The van der Waals surface area contributed by atoms with Gasteiger partial charge in [-0.1, -0.05) is 12.1 Å². The van der Waals surface area contributed by atoms with E-state index in [9.17, 15) is 4.79 Å². The van der Waals surface area contributed by atoms with Crippen LogP contribution in [0.1, 0.15) is 40.7 Å². The minimum absolute atomic E-state index is 0.242. The first-order valence-corrected chi connectivity index (χ1v) is 5.95. The van der Waals surface area contributed by atoms with Crippen molar-refractivity contribution in [1.82, 2.24) is 0 Å². The maximum atomic E-state index is 11.9. The number of carbonyl (C=O) groups excluding carboxylic acids is 1. The maximum Gasteiger partial charge on any atom is 0.162 e. The highest BCUT2D eigenvalue weighted by molar-refractivity contribution is 5.96. The highest BCUT2D eigenvalue weighted by atomic mass is 16.5. The van der Waals surface area contributed by atoms with Crippen molar-refractivity contribution in [2.24, 2.45) is 0 Å². The first kappa shape index (κ1) is 11.3. The normalized spacial score (nSPS) is 13.8. The van der Waals surface area contributed by atoms with Crippen molar-refractivity contribution in [2.75, 3.05) is 13.7 Å². The molecule has 0 fully saturated rings. The summed E-state index contributed by atoms with van der Waals surface area (Å²) in [5.74, 6) is 0.242. The molecule has 2 nitrogen and oxygen atoms in total. The molecule has 0 bridgehead atoms. The Bertz CT molecular complexity index is 382. The summed E-state index contributed by atoms with van der Waals surface area (Å²) in [6, 6.07) is 6.17. The van der Waals surface area contributed by atoms with Crippen LogP contribution in [-0.4, -0.2) is 19.5 Å². The molecule has 86 valence electrons. The van der Waals surface area contributed by atoms with Crippen molar-refractivity contribution in [1.29, 1.82) is 0 Å². The molecule has 1 aliphatic rings. The van der Waals surface area contributed by atoms with E-state index in [-0.39, 0.29) is 5.78 Å². The molecule has 0 radical (unpaired) electrons. The topological polar surface area (TPSA) is 26.3 Å². The van der Waals surface area contributed by atoms with Crippen molar-refractivity contribution in [2.45, 2.75) is 32.1 Å². The Hall–Kier alpha value is -1.15. The van der Waals surface area contributed by atoms with Gasteiger partial charge in [0.15, 0.2) is 5.78 Å². The van der Waals surface area contributed by atoms with Crippen LogP contribution in [-0.2, 0) is 17.6 Å². The second-order valence-electron chi connectivity index (χ2n) is 4.36. The van der Waals surface area contributed by atoms with Gasteiger partial charge in [0.25, 0.3) is 0 Å². The molecule has 0 spiro atoms. The van der Waals surface area contributed by atoms with E-state index in [0.717, 1.165) is 18.4 Å². The minimum Gasteiger partial charge on any atom is -0.385 e. The van der Waals surface area contributed by atoms with E-state index >= 15 is 0 Å². The molecule has 2 heteroatoms. The minimum atomic E-state index is 0.242. The van der Waals surface area contributed by atoms with E-state index in [4.69, 9.17) is 4.74 Å². The third-order valence-electron chi connectivity index (χ3n) is 3.17. The van der Waals surface area contributed by atoms with Crippen molar-refractivity contribution in [3.8, 4) is 0 Å². The molecular formula is C14H18O2. The zero-order valence-electron chi connectivity index (χ0n) is 9.79. The van der Waals surface area contributed by atoms with E-state index in [1.165, 1.54) is 24.0 Å².